The topological polar surface area (TPSA) is 111 Å². The molecule has 1 atom stereocenters. The van der Waals surface area contributed by atoms with Crippen LogP contribution >= 0.6 is 11.6 Å². The first-order valence-electron chi connectivity index (χ1n) is 9.42. The standard InChI is InChI=1S/C20H15ClF5N3O5S/c1-9(10-5-13(22)17(14(23)6-10)29-35(2,31)32)27-18(30)15-8-33-19(28-15)34-16-7-11(20(24,25)26)3-4-12(16)21/h3-9,29H,1-2H3,(H,27,30). The number of rotatable bonds is 7. The van der Waals surface area contributed by atoms with Crippen molar-refractivity contribution in [2.24, 2.45) is 0 Å². The van der Waals surface area contributed by atoms with E-state index in [0.29, 0.717) is 6.07 Å². The van der Waals surface area contributed by atoms with Crippen LogP contribution in [0.15, 0.2) is 41.0 Å². The number of carbonyl (C=O) groups excluding carboxylic acids is 1. The van der Waals surface area contributed by atoms with Gasteiger partial charge in [0.2, 0.25) is 10.0 Å². The number of ether oxygens (including phenoxy) is 1. The Morgan fingerprint density at radius 2 is 1.80 bits per heavy atom. The van der Waals surface area contributed by atoms with E-state index in [2.05, 4.69) is 10.3 Å². The van der Waals surface area contributed by atoms with Gasteiger partial charge < -0.3 is 14.5 Å². The third kappa shape index (κ3) is 6.60. The molecule has 15 heteroatoms. The lowest BCUT2D eigenvalue weighted by atomic mass is 10.1. The van der Waals surface area contributed by atoms with Gasteiger partial charge in [-0.15, -0.1) is 0 Å². The fourth-order valence-electron chi connectivity index (χ4n) is 2.74. The summed E-state index contributed by atoms with van der Waals surface area (Å²) in [6, 6.07) is 3.02. The maximum Gasteiger partial charge on any atom is 0.416 e. The highest BCUT2D eigenvalue weighted by atomic mass is 35.5. The molecule has 2 N–H and O–H groups in total. The molecule has 0 spiro atoms. The average Bonchev–Trinajstić information content (AvgIpc) is 3.19. The van der Waals surface area contributed by atoms with Gasteiger partial charge in [-0.2, -0.15) is 18.2 Å². The van der Waals surface area contributed by atoms with E-state index >= 15 is 0 Å². The van der Waals surface area contributed by atoms with Crippen LogP contribution in [0.25, 0.3) is 0 Å². The van der Waals surface area contributed by atoms with Crippen LogP contribution in [-0.4, -0.2) is 25.6 Å². The Labute approximate surface area is 200 Å². The van der Waals surface area contributed by atoms with Crippen LogP contribution in [0.1, 0.15) is 34.6 Å². The number of oxazole rings is 1. The van der Waals surface area contributed by atoms with Gasteiger partial charge in [0.05, 0.1) is 22.9 Å². The molecule has 1 aromatic heterocycles. The molecule has 1 amide bonds. The van der Waals surface area contributed by atoms with Crippen molar-refractivity contribution < 1.29 is 44.3 Å². The van der Waals surface area contributed by atoms with E-state index < -0.39 is 62.9 Å². The van der Waals surface area contributed by atoms with Gasteiger partial charge in [0.1, 0.15) is 12.0 Å². The molecule has 0 aliphatic carbocycles. The molecule has 3 rings (SSSR count). The van der Waals surface area contributed by atoms with Gasteiger partial charge >= 0.3 is 12.3 Å². The second-order valence-electron chi connectivity index (χ2n) is 7.17. The number of sulfonamides is 1. The fraction of sp³-hybridized carbons (Fsp3) is 0.200. The number of halogens is 6. The summed E-state index contributed by atoms with van der Waals surface area (Å²) < 4.78 is 101. The second kappa shape index (κ2) is 9.70. The molecule has 0 radical (unpaired) electrons. The molecule has 0 aliphatic rings. The number of nitrogens with one attached hydrogen (secondary N) is 2. The highest BCUT2D eigenvalue weighted by Gasteiger charge is 2.31. The molecule has 2 aromatic carbocycles. The highest BCUT2D eigenvalue weighted by molar-refractivity contribution is 7.92. The lowest BCUT2D eigenvalue weighted by molar-refractivity contribution is -0.137. The number of hydrogen-bond acceptors (Lipinski definition) is 6. The normalized spacial score (nSPS) is 12.8. The quantitative estimate of drug-likeness (QED) is 0.395. The van der Waals surface area contributed by atoms with E-state index in [0.717, 1.165) is 36.8 Å². The smallest absolute Gasteiger partial charge is 0.416 e. The minimum absolute atomic E-state index is 0.0388. The van der Waals surface area contributed by atoms with Crippen LogP contribution in [0.2, 0.25) is 5.02 Å². The zero-order valence-corrected chi connectivity index (χ0v) is 19.3. The summed E-state index contributed by atoms with van der Waals surface area (Å²) in [5, 5.41) is 2.22. The first-order chi connectivity index (χ1) is 16.1. The Hall–Kier alpha value is -3.39. The number of hydrogen-bond donors (Lipinski definition) is 2. The zero-order valence-electron chi connectivity index (χ0n) is 17.7. The van der Waals surface area contributed by atoms with Crippen molar-refractivity contribution in [1.29, 1.82) is 0 Å². The van der Waals surface area contributed by atoms with Crippen molar-refractivity contribution in [1.82, 2.24) is 10.3 Å². The highest BCUT2D eigenvalue weighted by Crippen LogP contribution is 2.36. The summed E-state index contributed by atoms with van der Waals surface area (Å²) in [6.45, 7) is 1.38. The minimum atomic E-state index is -4.65. The summed E-state index contributed by atoms with van der Waals surface area (Å²) in [4.78, 5) is 16.1. The van der Waals surface area contributed by atoms with Crippen LogP contribution in [0.3, 0.4) is 0 Å². The van der Waals surface area contributed by atoms with E-state index in [4.69, 9.17) is 20.8 Å². The molecular weight excluding hydrogens is 525 g/mol. The largest absolute Gasteiger partial charge is 0.416 e. The van der Waals surface area contributed by atoms with E-state index in [-0.39, 0.29) is 16.3 Å². The molecule has 0 saturated carbocycles. The van der Waals surface area contributed by atoms with E-state index in [1.165, 1.54) is 6.92 Å². The lowest BCUT2D eigenvalue weighted by Crippen LogP contribution is -2.27. The van der Waals surface area contributed by atoms with Gasteiger partial charge in [0.25, 0.3) is 5.91 Å². The summed E-state index contributed by atoms with van der Waals surface area (Å²) in [6.07, 6.45) is -3.67. The number of benzene rings is 2. The first kappa shape index (κ1) is 26.2. The van der Waals surface area contributed by atoms with E-state index in [1.54, 1.807) is 4.72 Å². The van der Waals surface area contributed by atoms with Gasteiger partial charge in [-0.25, -0.2) is 17.2 Å². The molecule has 8 nitrogen and oxygen atoms in total. The van der Waals surface area contributed by atoms with E-state index in [9.17, 15) is 35.2 Å². The van der Waals surface area contributed by atoms with Crippen molar-refractivity contribution in [3.8, 4) is 11.8 Å². The van der Waals surface area contributed by atoms with Crippen molar-refractivity contribution in [2.75, 3.05) is 11.0 Å². The lowest BCUT2D eigenvalue weighted by Gasteiger charge is -2.15. The Bertz CT molecular complexity index is 1350. The molecule has 0 saturated heterocycles. The Morgan fingerprint density at radius 1 is 1.17 bits per heavy atom. The number of aromatic nitrogens is 1. The average molecular weight is 540 g/mol. The van der Waals surface area contributed by atoms with Gasteiger partial charge in [0, 0.05) is 0 Å². The van der Waals surface area contributed by atoms with Crippen LogP contribution in [0, 0.1) is 11.6 Å². The van der Waals surface area contributed by atoms with Crippen molar-refractivity contribution >= 4 is 33.2 Å². The van der Waals surface area contributed by atoms with Gasteiger partial charge in [0.15, 0.2) is 23.1 Å². The molecule has 0 bridgehead atoms. The number of carbonyl (C=O) groups is 1. The number of nitrogens with zero attached hydrogens (tertiary/aromatic N) is 1. The third-order valence-corrected chi connectivity index (χ3v) is 5.26. The second-order valence-corrected chi connectivity index (χ2v) is 9.33. The SMILES string of the molecule is CC(NC(=O)c1coc(Oc2cc(C(F)(F)F)ccc2Cl)n1)c1cc(F)c(NS(C)(=O)=O)c(F)c1. The van der Waals surface area contributed by atoms with E-state index in [1.807, 2.05) is 0 Å². The van der Waals surface area contributed by atoms with Gasteiger partial charge in [-0.05, 0) is 42.8 Å². The predicted molar refractivity (Wildman–Crippen MR) is 114 cm³/mol. The summed E-state index contributed by atoms with van der Waals surface area (Å²) in [5.74, 6) is -3.70. The first-order valence-corrected chi connectivity index (χ1v) is 11.7. The van der Waals surface area contributed by atoms with Crippen LogP contribution in [0.5, 0.6) is 11.8 Å². The number of amides is 1. The number of alkyl halides is 3. The van der Waals surface area contributed by atoms with Crippen LogP contribution in [-0.2, 0) is 16.2 Å². The fourth-order valence-corrected chi connectivity index (χ4v) is 3.46. The Morgan fingerprint density at radius 3 is 2.37 bits per heavy atom. The van der Waals surface area contributed by atoms with Crippen molar-refractivity contribution in [2.45, 2.75) is 19.1 Å². The molecule has 0 aliphatic heterocycles. The van der Waals surface area contributed by atoms with Crippen molar-refractivity contribution in [3.05, 3.63) is 70.1 Å². The molecule has 188 valence electrons. The summed E-state index contributed by atoms with van der Waals surface area (Å²) in [7, 11) is -3.94. The molecule has 1 heterocycles. The molecular formula is C20H15ClF5N3O5S. The maximum absolute atomic E-state index is 14.2. The molecule has 3 aromatic rings. The predicted octanol–water partition coefficient (Wildman–Crippen LogP) is 5.28. The van der Waals surface area contributed by atoms with Gasteiger partial charge in [-0.3, -0.25) is 9.52 Å². The molecule has 1 unspecified atom stereocenters. The third-order valence-electron chi connectivity index (χ3n) is 4.37. The monoisotopic (exact) mass is 539 g/mol. The summed E-state index contributed by atoms with van der Waals surface area (Å²) >= 11 is 5.83. The zero-order chi connectivity index (χ0) is 26.1. The van der Waals surface area contributed by atoms with Crippen LogP contribution < -0.4 is 14.8 Å². The molecule has 35 heavy (non-hydrogen) atoms. The maximum atomic E-state index is 14.2. The summed E-state index contributed by atoms with van der Waals surface area (Å²) in [5.41, 5.74) is -2.30. The number of anilines is 1. The Kier molecular flexibility index (Phi) is 7.26. The minimum Gasteiger partial charge on any atom is -0.416 e. The van der Waals surface area contributed by atoms with Crippen LogP contribution in [0.4, 0.5) is 27.6 Å². The Balaban J connectivity index is 1.73. The molecule has 0 fully saturated rings. The van der Waals surface area contributed by atoms with Crippen molar-refractivity contribution in [3.63, 3.8) is 0 Å². The van der Waals surface area contributed by atoms with Gasteiger partial charge in [-0.1, -0.05) is 11.6 Å².